The van der Waals surface area contributed by atoms with Gasteiger partial charge in [0, 0.05) is 0 Å². The highest BCUT2D eigenvalue weighted by molar-refractivity contribution is 14.1. The van der Waals surface area contributed by atoms with Crippen LogP contribution in [0.15, 0.2) is 22.3 Å². The molecule has 0 aliphatic heterocycles. The maximum absolute atomic E-state index is 3.93. The van der Waals surface area contributed by atoms with Gasteiger partial charge in [-0.15, -0.1) is 0 Å². The Kier molecular flexibility index (Phi) is 2.76. The molecule has 0 bridgehead atoms. The van der Waals surface area contributed by atoms with Gasteiger partial charge in [0.05, 0.1) is 0 Å². The van der Waals surface area contributed by atoms with Crippen LogP contribution in [0.25, 0.3) is 0 Å². The van der Waals surface area contributed by atoms with E-state index in [1.807, 2.05) is 0 Å². The Balaban J connectivity index is 2.44. The molecular weight excluding hydrogens is 223 g/mol. The number of halogens is 1. The highest BCUT2D eigenvalue weighted by atomic mass is 127. The van der Waals surface area contributed by atoms with Crippen molar-refractivity contribution in [1.82, 2.24) is 0 Å². The molecule has 1 atom stereocenters. The minimum absolute atomic E-state index is 0.760. The van der Waals surface area contributed by atoms with Crippen LogP contribution in [0, 0.1) is 5.92 Å². The summed E-state index contributed by atoms with van der Waals surface area (Å²) in [6.45, 7) is 3.93. The topological polar surface area (TPSA) is 0 Å². The maximum Gasteiger partial charge on any atom is -0.00722 e. The van der Waals surface area contributed by atoms with E-state index in [9.17, 15) is 0 Å². The molecule has 0 aromatic rings. The van der Waals surface area contributed by atoms with Gasteiger partial charge >= 0.3 is 0 Å². The summed E-state index contributed by atoms with van der Waals surface area (Å²) in [5.41, 5.74) is 0. The molecule has 1 aliphatic carbocycles. The van der Waals surface area contributed by atoms with Gasteiger partial charge in [0.15, 0.2) is 0 Å². The van der Waals surface area contributed by atoms with E-state index in [-0.39, 0.29) is 0 Å². The number of hydrogen-bond donors (Lipinski definition) is 0. The van der Waals surface area contributed by atoms with Crippen LogP contribution in [0.1, 0.15) is 19.3 Å². The van der Waals surface area contributed by atoms with E-state index in [0.29, 0.717) is 0 Å². The third-order valence-electron chi connectivity index (χ3n) is 1.71. The lowest BCUT2D eigenvalue weighted by Crippen LogP contribution is -2.00. The molecule has 0 heterocycles. The van der Waals surface area contributed by atoms with E-state index in [2.05, 4.69) is 41.3 Å². The number of rotatable bonds is 1. The minimum atomic E-state index is 0.760. The molecule has 1 rings (SSSR count). The van der Waals surface area contributed by atoms with Gasteiger partial charge in [-0.25, -0.2) is 0 Å². The molecule has 0 radical (unpaired) electrons. The fraction of sp³-hybridized carbons (Fsp3) is 0.500. The molecule has 0 N–H and O–H groups in total. The van der Waals surface area contributed by atoms with Gasteiger partial charge in [-0.05, 0) is 51.4 Å². The third kappa shape index (κ3) is 2.12. The minimum Gasteiger partial charge on any atom is -0.0894 e. The first-order valence-electron chi connectivity index (χ1n) is 3.30. The van der Waals surface area contributed by atoms with Gasteiger partial charge in [-0.1, -0.05) is 18.7 Å². The molecule has 0 aromatic heterocycles. The summed E-state index contributed by atoms with van der Waals surface area (Å²) in [5, 5.41) is 0. The molecule has 0 aromatic carbocycles. The zero-order chi connectivity index (χ0) is 6.69. The van der Waals surface area contributed by atoms with Gasteiger partial charge in [0.2, 0.25) is 0 Å². The third-order valence-corrected chi connectivity index (χ3v) is 2.59. The van der Waals surface area contributed by atoms with Crippen LogP contribution in [0.4, 0.5) is 0 Å². The lowest BCUT2D eigenvalue weighted by atomic mass is 9.95. The van der Waals surface area contributed by atoms with Gasteiger partial charge in [-0.2, -0.15) is 0 Å². The molecular formula is C8H11I. The van der Waals surface area contributed by atoms with Crippen molar-refractivity contribution >= 4 is 22.6 Å². The summed E-state index contributed by atoms with van der Waals surface area (Å²) in [7, 11) is 0. The van der Waals surface area contributed by atoms with Crippen LogP contribution in [0.2, 0.25) is 0 Å². The quantitative estimate of drug-likeness (QED) is 0.482. The smallest absolute Gasteiger partial charge is 0.00722 e. The van der Waals surface area contributed by atoms with Crippen molar-refractivity contribution in [2.75, 3.05) is 0 Å². The molecule has 1 aliphatic rings. The molecule has 9 heavy (non-hydrogen) atoms. The van der Waals surface area contributed by atoms with Crippen LogP contribution in [-0.2, 0) is 0 Å². The maximum atomic E-state index is 3.93. The van der Waals surface area contributed by atoms with Crippen LogP contribution in [0.5, 0.6) is 0 Å². The van der Waals surface area contributed by atoms with E-state index in [0.717, 1.165) is 5.92 Å². The second-order valence-corrected chi connectivity index (χ2v) is 3.81. The van der Waals surface area contributed by atoms with Crippen molar-refractivity contribution in [2.24, 2.45) is 5.92 Å². The van der Waals surface area contributed by atoms with E-state index in [1.165, 1.54) is 22.8 Å². The van der Waals surface area contributed by atoms with Crippen LogP contribution in [0.3, 0.4) is 0 Å². The van der Waals surface area contributed by atoms with Crippen molar-refractivity contribution in [1.29, 1.82) is 0 Å². The number of hydrogen-bond acceptors (Lipinski definition) is 0. The summed E-state index contributed by atoms with van der Waals surface area (Å²) < 4.78 is 1.32. The molecule has 50 valence electrons. The molecule has 0 amide bonds. The molecule has 1 unspecified atom stereocenters. The predicted molar refractivity (Wildman–Crippen MR) is 49.6 cm³/mol. The van der Waals surface area contributed by atoms with Gasteiger partial charge in [0.1, 0.15) is 0 Å². The molecule has 0 nitrogen and oxygen atoms in total. The van der Waals surface area contributed by atoms with Crippen LogP contribution >= 0.6 is 22.6 Å². The van der Waals surface area contributed by atoms with Crippen molar-refractivity contribution in [2.45, 2.75) is 19.3 Å². The standard InChI is InChI=1S/C8H11I/c1-7(9)8-5-3-2-4-6-8/h2-3,8H,1,4-6H2. The van der Waals surface area contributed by atoms with E-state index in [1.54, 1.807) is 0 Å². The highest BCUT2D eigenvalue weighted by Gasteiger charge is 2.09. The summed E-state index contributed by atoms with van der Waals surface area (Å²) in [6.07, 6.45) is 8.28. The first-order chi connectivity index (χ1) is 4.30. The summed E-state index contributed by atoms with van der Waals surface area (Å²) in [5.74, 6) is 0.760. The summed E-state index contributed by atoms with van der Waals surface area (Å²) in [4.78, 5) is 0. The Morgan fingerprint density at radius 2 is 2.33 bits per heavy atom. The van der Waals surface area contributed by atoms with Gasteiger partial charge in [-0.3, -0.25) is 0 Å². The van der Waals surface area contributed by atoms with Gasteiger partial charge < -0.3 is 0 Å². The summed E-state index contributed by atoms with van der Waals surface area (Å²) in [6, 6.07) is 0. The molecule has 0 saturated heterocycles. The fourth-order valence-corrected chi connectivity index (χ4v) is 1.64. The summed E-state index contributed by atoms with van der Waals surface area (Å²) >= 11 is 2.33. The molecule has 0 saturated carbocycles. The predicted octanol–water partition coefficient (Wildman–Crippen LogP) is 3.29. The average Bonchev–Trinajstić information content (AvgIpc) is 1.90. The first kappa shape index (κ1) is 7.32. The lowest BCUT2D eigenvalue weighted by molar-refractivity contribution is 0.581. The highest BCUT2D eigenvalue weighted by Crippen LogP contribution is 2.27. The first-order valence-corrected chi connectivity index (χ1v) is 4.38. The van der Waals surface area contributed by atoms with Crippen LogP contribution in [-0.4, -0.2) is 0 Å². The Hall–Kier alpha value is 0.210. The Morgan fingerprint density at radius 3 is 2.67 bits per heavy atom. The number of allylic oxidation sites excluding steroid dienone is 3. The molecule has 1 heteroatoms. The van der Waals surface area contributed by atoms with Crippen molar-refractivity contribution in [3.8, 4) is 0 Å². The fourth-order valence-electron chi connectivity index (χ4n) is 1.08. The molecule has 0 fully saturated rings. The van der Waals surface area contributed by atoms with E-state index in [4.69, 9.17) is 0 Å². The Bertz CT molecular complexity index is 136. The average molecular weight is 234 g/mol. The Morgan fingerprint density at radius 1 is 1.56 bits per heavy atom. The lowest BCUT2D eigenvalue weighted by Gasteiger charge is -2.15. The zero-order valence-electron chi connectivity index (χ0n) is 5.44. The Labute approximate surface area is 70.2 Å². The largest absolute Gasteiger partial charge is 0.0894 e. The monoisotopic (exact) mass is 234 g/mol. The van der Waals surface area contributed by atoms with E-state index < -0.39 is 0 Å². The van der Waals surface area contributed by atoms with Crippen molar-refractivity contribution < 1.29 is 0 Å². The van der Waals surface area contributed by atoms with Gasteiger partial charge in [0.25, 0.3) is 0 Å². The van der Waals surface area contributed by atoms with Crippen LogP contribution < -0.4 is 0 Å². The SMILES string of the molecule is C=C(I)C1CC=CCC1. The normalized spacial score (nSPS) is 26.1. The van der Waals surface area contributed by atoms with Crippen molar-refractivity contribution in [3.63, 3.8) is 0 Å². The second kappa shape index (κ2) is 3.40. The van der Waals surface area contributed by atoms with Crippen molar-refractivity contribution in [3.05, 3.63) is 22.3 Å². The van der Waals surface area contributed by atoms with E-state index >= 15 is 0 Å². The zero-order valence-corrected chi connectivity index (χ0v) is 7.60. The molecule has 0 spiro atoms. The second-order valence-electron chi connectivity index (χ2n) is 2.43.